The molecule has 4 rings (SSSR count). The van der Waals surface area contributed by atoms with Crippen LogP contribution in [0.25, 0.3) is 0 Å². The molecule has 1 unspecified atom stereocenters. The van der Waals surface area contributed by atoms with E-state index in [1.54, 1.807) is 99.6 Å². The van der Waals surface area contributed by atoms with Gasteiger partial charge < -0.3 is 25.4 Å². The predicted molar refractivity (Wildman–Crippen MR) is 184 cm³/mol. The Balaban J connectivity index is 1.51. The number of alkyl halides is 2. The highest BCUT2D eigenvalue weighted by atomic mass is 19.3. The first-order chi connectivity index (χ1) is 23.8. The van der Waals surface area contributed by atoms with Crippen molar-refractivity contribution in [2.75, 3.05) is 0 Å². The fraction of sp³-hybridized carbons (Fsp3) is 0.282. The molecule has 0 spiro atoms. The molecular weight excluding hydrogens is 644 g/mol. The first-order valence-corrected chi connectivity index (χ1v) is 16.1. The number of rotatable bonds is 15. The zero-order chi connectivity index (χ0) is 36.1. The van der Waals surface area contributed by atoms with Crippen molar-refractivity contribution in [1.29, 1.82) is 0 Å². The van der Waals surface area contributed by atoms with Crippen molar-refractivity contribution in [3.05, 3.63) is 138 Å². The van der Waals surface area contributed by atoms with Crippen LogP contribution in [0.15, 0.2) is 115 Å². The van der Waals surface area contributed by atoms with Crippen LogP contribution in [0.4, 0.5) is 13.6 Å². The van der Waals surface area contributed by atoms with E-state index in [0.717, 1.165) is 5.56 Å². The van der Waals surface area contributed by atoms with E-state index in [4.69, 9.17) is 9.47 Å². The Hall–Kier alpha value is -5.58. The largest absolute Gasteiger partial charge is 0.489 e. The molecule has 0 bridgehead atoms. The number of halogens is 2. The fourth-order valence-electron chi connectivity index (χ4n) is 4.94. The minimum atomic E-state index is -4.50. The predicted octanol–water partition coefficient (Wildman–Crippen LogP) is 6.15. The van der Waals surface area contributed by atoms with Gasteiger partial charge in [-0.3, -0.25) is 14.4 Å². The Bertz CT molecular complexity index is 1710. The standard InChI is InChI=1S/C39H41F2N3O6/c1-38(2,3)33(44-37(48)50-26-30-17-11-6-12-18-30)35(46)43-32(34(45)39(40,41)36(47)42-24-28-13-7-4-8-14-28)23-27-19-21-31(22-20-27)49-25-29-15-9-5-10-16-29/h4-22,32-33H,23-26H2,1-3H3,(H,42,47)(H,43,46)(H,44,48)/t32?,33-/m1/s1. The van der Waals surface area contributed by atoms with E-state index in [9.17, 15) is 19.2 Å². The lowest BCUT2D eigenvalue weighted by molar-refractivity contribution is -0.160. The summed E-state index contributed by atoms with van der Waals surface area (Å²) in [6.45, 7) is 4.98. The summed E-state index contributed by atoms with van der Waals surface area (Å²) >= 11 is 0. The summed E-state index contributed by atoms with van der Waals surface area (Å²) in [7, 11) is 0. The van der Waals surface area contributed by atoms with Crippen molar-refractivity contribution in [2.45, 2.75) is 65.0 Å². The monoisotopic (exact) mass is 685 g/mol. The third-order valence-electron chi connectivity index (χ3n) is 7.74. The van der Waals surface area contributed by atoms with E-state index in [-0.39, 0.29) is 19.6 Å². The number of Topliss-reactive ketones (excluding diaryl/α,β-unsaturated/α-hetero) is 1. The average molecular weight is 686 g/mol. The summed E-state index contributed by atoms with van der Waals surface area (Å²) in [5.74, 6) is -8.51. The molecular formula is C39H41F2N3O6. The van der Waals surface area contributed by atoms with Crippen LogP contribution in [-0.4, -0.2) is 41.7 Å². The van der Waals surface area contributed by atoms with Crippen LogP contribution in [0.2, 0.25) is 0 Å². The minimum Gasteiger partial charge on any atom is -0.489 e. The van der Waals surface area contributed by atoms with Gasteiger partial charge in [-0.15, -0.1) is 0 Å². The molecule has 0 aliphatic heterocycles. The maximum Gasteiger partial charge on any atom is 0.408 e. The van der Waals surface area contributed by atoms with Gasteiger partial charge in [0.1, 0.15) is 25.0 Å². The van der Waals surface area contributed by atoms with E-state index in [0.29, 0.717) is 29.0 Å². The van der Waals surface area contributed by atoms with Crippen molar-refractivity contribution in [1.82, 2.24) is 16.0 Å². The number of nitrogens with one attached hydrogen (secondary N) is 3. The molecule has 4 aromatic rings. The molecule has 0 saturated heterocycles. The van der Waals surface area contributed by atoms with Crippen molar-refractivity contribution in [3.63, 3.8) is 0 Å². The summed E-state index contributed by atoms with van der Waals surface area (Å²) in [6.07, 6.45) is -1.29. The molecule has 0 aliphatic carbocycles. The molecule has 4 aromatic carbocycles. The van der Waals surface area contributed by atoms with Crippen LogP contribution in [0.3, 0.4) is 0 Å². The van der Waals surface area contributed by atoms with Gasteiger partial charge in [-0.1, -0.05) is 124 Å². The van der Waals surface area contributed by atoms with Crippen molar-refractivity contribution in [3.8, 4) is 5.75 Å². The molecule has 0 radical (unpaired) electrons. The number of alkyl carbamates (subject to hydrolysis) is 1. The SMILES string of the molecule is CC(C)(C)[C@H](NC(=O)OCc1ccccc1)C(=O)NC(Cc1ccc(OCc2ccccc2)cc1)C(=O)C(F)(F)C(=O)NCc1ccccc1. The minimum absolute atomic E-state index is 0.0678. The Morgan fingerprint density at radius 3 is 1.72 bits per heavy atom. The number of benzene rings is 4. The van der Waals surface area contributed by atoms with Crippen LogP contribution in [0.5, 0.6) is 5.75 Å². The highest BCUT2D eigenvalue weighted by Gasteiger charge is 2.51. The summed E-state index contributed by atoms with van der Waals surface area (Å²) in [5, 5.41) is 7.01. The second-order valence-electron chi connectivity index (χ2n) is 12.8. The van der Waals surface area contributed by atoms with Crippen LogP contribution in [-0.2, 0) is 45.3 Å². The van der Waals surface area contributed by atoms with Crippen LogP contribution in [0, 0.1) is 5.41 Å². The molecule has 0 aromatic heterocycles. The lowest BCUT2D eigenvalue weighted by Gasteiger charge is -2.32. The topological polar surface area (TPSA) is 123 Å². The van der Waals surface area contributed by atoms with Crippen molar-refractivity contribution in [2.24, 2.45) is 5.41 Å². The lowest BCUT2D eigenvalue weighted by Crippen LogP contribution is -2.60. The lowest BCUT2D eigenvalue weighted by atomic mass is 9.85. The smallest absolute Gasteiger partial charge is 0.408 e. The van der Waals surface area contributed by atoms with Gasteiger partial charge in [0.05, 0.1) is 6.04 Å². The van der Waals surface area contributed by atoms with E-state index >= 15 is 8.78 Å². The van der Waals surface area contributed by atoms with E-state index in [2.05, 4.69) is 16.0 Å². The summed E-state index contributed by atoms with van der Waals surface area (Å²) < 4.78 is 42.1. The van der Waals surface area contributed by atoms with E-state index in [1.165, 1.54) is 0 Å². The highest BCUT2D eigenvalue weighted by molar-refractivity contribution is 6.10. The molecule has 3 amide bonds. The second-order valence-corrected chi connectivity index (χ2v) is 12.8. The maximum atomic E-state index is 15.5. The zero-order valence-corrected chi connectivity index (χ0v) is 28.2. The molecule has 0 heterocycles. The summed E-state index contributed by atoms with van der Waals surface area (Å²) in [6, 6.07) is 30.0. The number of hydrogen-bond acceptors (Lipinski definition) is 6. The molecule has 3 N–H and O–H groups in total. The first kappa shape index (κ1) is 37.2. The zero-order valence-electron chi connectivity index (χ0n) is 28.2. The van der Waals surface area contributed by atoms with Gasteiger partial charge >= 0.3 is 12.0 Å². The Morgan fingerprint density at radius 1 is 0.660 bits per heavy atom. The van der Waals surface area contributed by atoms with E-state index in [1.807, 2.05) is 36.4 Å². The summed E-state index contributed by atoms with van der Waals surface area (Å²) in [5.41, 5.74) is 1.70. The molecule has 0 aliphatic rings. The van der Waals surface area contributed by atoms with Crippen LogP contribution < -0.4 is 20.7 Å². The Kier molecular flexibility index (Phi) is 12.8. The quantitative estimate of drug-likeness (QED) is 0.129. The molecule has 262 valence electrons. The summed E-state index contributed by atoms with van der Waals surface area (Å²) in [4.78, 5) is 52.6. The Morgan fingerprint density at radius 2 is 1.18 bits per heavy atom. The van der Waals surface area contributed by atoms with Crippen LogP contribution in [0.1, 0.15) is 43.0 Å². The van der Waals surface area contributed by atoms with Crippen LogP contribution >= 0.6 is 0 Å². The Labute approximate surface area is 290 Å². The number of ketones is 1. The molecule has 0 fully saturated rings. The third-order valence-corrected chi connectivity index (χ3v) is 7.74. The van der Waals surface area contributed by atoms with Gasteiger partial charge in [0, 0.05) is 13.0 Å². The fourth-order valence-corrected chi connectivity index (χ4v) is 4.94. The molecule has 9 nitrogen and oxygen atoms in total. The van der Waals surface area contributed by atoms with Gasteiger partial charge in [-0.2, -0.15) is 8.78 Å². The van der Waals surface area contributed by atoms with Gasteiger partial charge in [0.25, 0.3) is 5.91 Å². The number of carbonyl (C=O) groups is 4. The van der Waals surface area contributed by atoms with E-state index < -0.39 is 47.1 Å². The van der Waals surface area contributed by atoms with Crippen molar-refractivity contribution >= 4 is 23.7 Å². The van der Waals surface area contributed by atoms with Gasteiger partial charge in [0.2, 0.25) is 11.7 Å². The molecule has 50 heavy (non-hydrogen) atoms. The molecule has 0 saturated carbocycles. The third kappa shape index (κ3) is 11.0. The number of hydrogen-bond donors (Lipinski definition) is 3. The molecule has 11 heteroatoms. The van der Waals surface area contributed by atoms with Crippen molar-refractivity contribution < 1.29 is 37.4 Å². The normalized spacial score (nSPS) is 12.6. The average Bonchev–Trinajstić information content (AvgIpc) is 3.11. The molecule has 2 atom stereocenters. The number of amides is 3. The first-order valence-electron chi connectivity index (χ1n) is 16.1. The number of carbonyl (C=O) groups excluding carboxylic acids is 4. The van der Waals surface area contributed by atoms with Gasteiger partial charge in [-0.25, -0.2) is 4.79 Å². The second kappa shape index (κ2) is 17.2. The van der Waals surface area contributed by atoms with Gasteiger partial charge in [0.15, 0.2) is 0 Å². The van der Waals surface area contributed by atoms with Gasteiger partial charge in [-0.05, 0) is 39.8 Å². The highest BCUT2D eigenvalue weighted by Crippen LogP contribution is 2.24. The number of ether oxygens (including phenoxy) is 2. The maximum absolute atomic E-state index is 15.5.